The fourth-order valence-corrected chi connectivity index (χ4v) is 1.01. The SMILES string of the molecule is [CH2]C(C)Oc1ccc(OCC)cc1. The van der Waals surface area contributed by atoms with E-state index in [0.29, 0.717) is 6.61 Å². The Morgan fingerprint density at radius 3 is 2.23 bits per heavy atom. The minimum atomic E-state index is -0.0297. The van der Waals surface area contributed by atoms with Crippen molar-refractivity contribution in [1.82, 2.24) is 0 Å². The highest BCUT2D eigenvalue weighted by molar-refractivity contribution is 5.31. The largest absolute Gasteiger partial charge is 0.494 e. The summed E-state index contributed by atoms with van der Waals surface area (Å²) in [7, 11) is 0. The molecular weight excluding hydrogens is 164 g/mol. The van der Waals surface area contributed by atoms with Gasteiger partial charge in [-0.2, -0.15) is 0 Å². The van der Waals surface area contributed by atoms with E-state index in [2.05, 4.69) is 6.92 Å². The van der Waals surface area contributed by atoms with Crippen LogP contribution in [0.5, 0.6) is 11.5 Å². The Hall–Kier alpha value is -1.18. The third-order valence-corrected chi connectivity index (χ3v) is 1.47. The maximum absolute atomic E-state index is 5.38. The van der Waals surface area contributed by atoms with Gasteiger partial charge < -0.3 is 9.47 Å². The van der Waals surface area contributed by atoms with E-state index in [0.717, 1.165) is 11.5 Å². The smallest absolute Gasteiger partial charge is 0.119 e. The zero-order chi connectivity index (χ0) is 9.68. The summed E-state index contributed by atoms with van der Waals surface area (Å²) in [5, 5.41) is 0. The normalized spacial score (nSPS) is 10.2. The van der Waals surface area contributed by atoms with Gasteiger partial charge in [-0.1, -0.05) is 0 Å². The summed E-state index contributed by atoms with van der Waals surface area (Å²) in [5.41, 5.74) is 0. The number of hydrogen-bond acceptors (Lipinski definition) is 2. The van der Waals surface area contributed by atoms with Crippen LogP contribution in [0.3, 0.4) is 0 Å². The van der Waals surface area contributed by atoms with Crippen molar-refractivity contribution in [2.45, 2.75) is 20.0 Å². The molecular formula is C11H15O2. The van der Waals surface area contributed by atoms with Crippen molar-refractivity contribution in [2.75, 3.05) is 6.61 Å². The molecule has 1 aromatic rings. The van der Waals surface area contributed by atoms with Crippen LogP contribution in [0.1, 0.15) is 13.8 Å². The van der Waals surface area contributed by atoms with Gasteiger partial charge in [0.25, 0.3) is 0 Å². The van der Waals surface area contributed by atoms with Gasteiger partial charge in [0.2, 0.25) is 0 Å². The molecule has 0 saturated carbocycles. The number of hydrogen-bond donors (Lipinski definition) is 0. The molecule has 0 aliphatic heterocycles. The molecule has 2 nitrogen and oxygen atoms in total. The molecule has 1 aromatic carbocycles. The first kappa shape index (κ1) is 9.90. The quantitative estimate of drug-likeness (QED) is 0.707. The van der Waals surface area contributed by atoms with Crippen LogP contribution in [0.25, 0.3) is 0 Å². The lowest BCUT2D eigenvalue weighted by Crippen LogP contribution is -2.05. The lowest BCUT2D eigenvalue weighted by Gasteiger charge is -2.09. The highest BCUT2D eigenvalue weighted by Crippen LogP contribution is 2.18. The molecule has 0 spiro atoms. The second kappa shape index (κ2) is 4.75. The number of rotatable bonds is 4. The highest BCUT2D eigenvalue weighted by Gasteiger charge is 1.97. The van der Waals surface area contributed by atoms with Crippen LogP contribution in [0.2, 0.25) is 0 Å². The molecule has 0 fully saturated rings. The standard InChI is InChI=1S/C11H15O2/c1-4-12-10-5-7-11(8-6-10)13-9(2)3/h5-9H,2,4H2,1,3H3. The minimum Gasteiger partial charge on any atom is -0.494 e. The Bertz CT molecular complexity index is 239. The van der Waals surface area contributed by atoms with Crippen molar-refractivity contribution in [3.05, 3.63) is 31.2 Å². The van der Waals surface area contributed by atoms with Crippen LogP contribution in [0, 0.1) is 6.92 Å². The Morgan fingerprint density at radius 2 is 1.77 bits per heavy atom. The molecule has 1 radical (unpaired) electrons. The Labute approximate surface area is 79.5 Å². The van der Waals surface area contributed by atoms with Gasteiger partial charge >= 0.3 is 0 Å². The second-order valence-electron chi connectivity index (χ2n) is 2.83. The Morgan fingerprint density at radius 1 is 1.23 bits per heavy atom. The minimum absolute atomic E-state index is 0.0297. The van der Waals surface area contributed by atoms with Crippen molar-refractivity contribution in [2.24, 2.45) is 0 Å². The maximum atomic E-state index is 5.38. The third kappa shape index (κ3) is 3.36. The van der Waals surface area contributed by atoms with Gasteiger partial charge in [-0.05, 0) is 45.0 Å². The average Bonchev–Trinajstić information content (AvgIpc) is 2.08. The summed E-state index contributed by atoms with van der Waals surface area (Å²) in [4.78, 5) is 0. The van der Waals surface area contributed by atoms with Crippen LogP contribution in [-0.4, -0.2) is 12.7 Å². The molecule has 0 saturated heterocycles. The molecule has 13 heavy (non-hydrogen) atoms. The molecule has 0 aromatic heterocycles. The lowest BCUT2D eigenvalue weighted by molar-refractivity contribution is 0.266. The van der Waals surface area contributed by atoms with Gasteiger partial charge in [-0.15, -0.1) is 0 Å². The van der Waals surface area contributed by atoms with E-state index in [1.54, 1.807) is 0 Å². The van der Waals surface area contributed by atoms with E-state index in [9.17, 15) is 0 Å². The second-order valence-corrected chi connectivity index (χ2v) is 2.83. The number of ether oxygens (including phenoxy) is 2. The first-order chi connectivity index (χ1) is 6.22. The van der Waals surface area contributed by atoms with Crippen molar-refractivity contribution in [1.29, 1.82) is 0 Å². The fraction of sp³-hybridized carbons (Fsp3) is 0.364. The molecule has 0 bridgehead atoms. The molecule has 0 heterocycles. The molecule has 2 heteroatoms. The summed E-state index contributed by atoms with van der Waals surface area (Å²) in [6, 6.07) is 7.54. The molecule has 0 amide bonds. The van der Waals surface area contributed by atoms with Crippen LogP contribution in [0.4, 0.5) is 0 Å². The molecule has 71 valence electrons. The average molecular weight is 179 g/mol. The van der Waals surface area contributed by atoms with Gasteiger partial charge in [0.1, 0.15) is 11.5 Å². The summed E-state index contributed by atoms with van der Waals surface area (Å²) >= 11 is 0. The van der Waals surface area contributed by atoms with Crippen LogP contribution in [0.15, 0.2) is 24.3 Å². The lowest BCUT2D eigenvalue weighted by atomic mass is 10.3. The molecule has 1 unspecified atom stereocenters. The molecule has 1 rings (SSSR count). The predicted molar refractivity (Wildman–Crippen MR) is 53.1 cm³/mol. The maximum Gasteiger partial charge on any atom is 0.119 e. The van der Waals surface area contributed by atoms with Gasteiger partial charge in [0.15, 0.2) is 0 Å². The molecule has 1 atom stereocenters. The summed E-state index contributed by atoms with van der Waals surface area (Å²) in [5.74, 6) is 1.69. The van der Waals surface area contributed by atoms with E-state index in [1.165, 1.54) is 0 Å². The Kier molecular flexibility index (Phi) is 3.62. The highest BCUT2D eigenvalue weighted by atomic mass is 16.5. The molecule has 0 N–H and O–H groups in total. The number of benzene rings is 1. The van der Waals surface area contributed by atoms with Gasteiger partial charge in [-0.25, -0.2) is 0 Å². The van der Waals surface area contributed by atoms with Crippen molar-refractivity contribution < 1.29 is 9.47 Å². The fourth-order valence-electron chi connectivity index (χ4n) is 1.01. The predicted octanol–water partition coefficient (Wildman–Crippen LogP) is 2.69. The zero-order valence-corrected chi connectivity index (χ0v) is 8.12. The van der Waals surface area contributed by atoms with E-state index >= 15 is 0 Å². The van der Waals surface area contributed by atoms with E-state index in [4.69, 9.17) is 9.47 Å². The molecule has 0 aliphatic rings. The van der Waals surface area contributed by atoms with Crippen LogP contribution >= 0.6 is 0 Å². The molecule has 0 aliphatic carbocycles. The summed E-state index contributed by atoms with van der Waals surface area (Å²) < 4.78 is 10.7. The topological polar surface area (TPSA) is 18.5 Å². The van der Waals surface area contributed by atoms with Gasteiger partial charge in [0, 0.05) is 0 Å². The first-order valence-electron chi connectivity index (χ1n) is 4.45. The van der Waals surface area contributed by atoms with Crippen LogP contribution < -0.4 is 9.47 Å². The van der Waals surface area contributed by atoms with E-state index < -0.39 is 0 Å². The third-order valence-electron chi connectivity index (χ3n) is 1.47. The van der Waals surface area contributed by atoms with Crippen molar-refractivity contribution in [3.63, 3.8) is 0 Å². The van der Waals surface area contributed by atoms with Crippen molar-refractivity contribution >= 4 is 0 Å². The monoisotopic (exact) mass is 179 g/mol. The summed E-state index contributed by atoms with van der Waals surface area (Å²) in [6.07, 6.45) is -0.0297. The van der Waals surface area contributed by atoms with Gasteiger partial charge in [-0.3, -0.25) is 0 Å². The van der Waals surface area contributed by atoms with Gasteiger partial charge in [0.05, 0.1) is 12.7 Å². The van der Waals surface area contributed by atoms with Crippen molar-refractivity contribution in [3.8, 4) is 11.5 Å². The first-order valence-corrected chi connectivity index (χ1v) is 4.45. The van der Waals surface area contributed by atoms with E-state index in [1.807, 2.05) is 38.1 Å². The zero-order valence-electron chi connectivity index (χ0n) is 8.12. The summed E-state index contributed by atoms with van der Waals surface area (Å²) in [6.45, 7) is 8.29. The van der Waals surface area contributed by atoms with E-state index in [-0.39, 0.29) is 6.10 Å². The van der Waals surface area contributed by atoms with Crippen LogP contribution in [-0.2, 0) is 0 Å². The Balaban J connectivity index is 2.59.